The van der Waals surface area contributed by atoms with Crippen molar-refractivity contribution in [3.63, 3.8) is 0 Å². The predicted octanol–water partition coefficient (Wildman–Crippen LogP) is 0.924. The van der Waals surface area contributed by atoms with Gasteiger partial charge >= 0.3 is 0 Å². The summed E-state index contributed by atoms with van der Waals surface area (Å²) in [6.45, 7) is 0. The Kier molecular flexibility index (Phi) is 3.36. The first-order chi connectivity index (χ1) is 11.4. The van der Waals surface area contributed by atoms with E-state index in [4.69, 9.17) is 0 Å². The zero-order valence-corrected chi connectivity index (χ0v) is 11.9. The van der Waals surface area contributed by atoms with Crippen LogP contribution in [0, 0.1) is 0 Å². The molecule has 0 aliphatic rings. The molecule has 2 radical (unpaired) electrons. The molecular weight excluding hydrogens is 291 g/mol. The maximum absolute atomic E-state index is 4.43. The van der Waals surface area contributed by atoms with Crippen LogP contribution in [0.5, 0.6) is 0 Å². The molecule has 0 bridgehead atoms. The summed E-state index contributed by atoms with van der Waals surface area (Å²) < 4.78 is 3.33. The monoisotopic (exact) mass is 301 g/mol. The third-order valence-corrected chi connectivity index (χ3v) is 3.10. The molecule has 23 heavy (non-hydrogen) atoms. The van der Waals surface area contributed by atoms with Crippen molar-refractivity contribution in [3.05, 3.63) is 61.7 Å². The van der Waals surface area contributed by atoms with Crippen LogP contribution < -0.4 is 0 Å². The minimum Gasteiger partial charge on any atom is -0.488 e. The third kappa shape index (κ3) is 2.84. The highest BCUT2D eigenvalue weighted by Gasteiger charge is 2.02. The van der Waals surface area contributed by atoms with Gasteiger partial charge in [0.2, 0.25) is 0 Å². The first-order valence-corrected chi connectivity index (χ1v) is 6.86. The van der Waals surface area contributed by atoms with Crippen LogP contribution in [-0.4, -0.2) is 46.9 Å². The highest BCUT2D eigenvalue weighted by molar-refractivity contribution is 6.30. The van der Waals surface area contributed by atoms with Crippen molar-refractivity contribution in [2.75, 3.05) is 0 Å². The Morgan fingerprint density at radius 1 is 0.652 bits per heavy atom. The molecule has 0 fully saturated rings. The fourth-order valence-electron chi connectivity index (χ4n) is 2.06. The fraction of sp³-hybridized carbons (Fsp3) is 0. The molecule has 110 valence electrons. The molecule has 4 aromatic heterocycles. The van der Waals surface area contributed by atoms with Gasteiger partial charge in [-0.2, -0.15) is 0 Å². The molecule has 0 aliphatic carbocycles. The summed E-state index contributed by atoms with van der Waals surface area (Å²) in [5.41, 5.74) is 2.94. The molecule has 4 heterocycles. The van der Waals surface area contributed by atoms with Crippen molar-refractivity contribution < 1.29 is 0 Å². The molecule has 9 heteroatoms. The Balaban J connectivity index is 1.53. The lowest BCUT2D eigenvalue weighted by Crippen LogP contribution is -2.17. The van der Waals surface area contributed by atoms with E-state index in [1.165, 1.54) is 0 Å². The molecule has 0 saturated carbocycles. The van der Waals surface area contributed by atoms with Crippen LogP contribution in [0.25, 0.3) is 22.8 Å². The molecule has 0 unspecified atom stereocenters. The molecule has 8 nitrogen and oxygen atoms in total. The lowest BCUT2D eigenvalue weighted by atomic mass is 10.2. The van der Waals surface area contributed by atoms with Gasteiger partial charge in [-0.3, -0.25) is 19.9 Å². The van der Waals surface area contributed by atoms with Gasteiger partial charge in [-0.15, -0.1) is 0 Å². The molecule has 4 aromatic rings. The summed E-state index contributed by atoms with van der Waals surface area (Å²) in [5, 5.41) is 8.86. The number of rotatable bonds is 4. The molecule has 4 rings (SSSR count). The summed E-state index contributed by atoms with van der Waals surface area (Å²) in [5.74, 6) is 0. The third-order valence-electron chi connectivity index (χ3n) is 3.10. The fourth-order valence-corrected chi connectivity index (χ4v) is 2.06. The van der Waals surface area contributed by atoms with E-state index in [1.807, 2.05) is 24.5 Å². The van der Waals surface area contributed by atoms with Crippen molar-refractivity contribution in [1.29, 1.82) is 0 Å². The van der Waals surface area contributed by atoms with Crippen LogP contribution in [0.15, 0.2) is 61.7 Å². The molecular formula is C14H10BN8-. The van der Waals surface area contributed by atoms with Crippen LogP contribution in [0.1, 0.15) is 0 Å². The predicted molar refractivity (Wildman–Crippen MR) is 83.1 cm³/mol. The summed E-state index contributed by atoms with van der Waals surface area (Å²) >= 11 is 0. The van der Waals surface area contributed by atoms with Crippen LogP contribution in [0.2, 0.25) is 0 Å². The van der Waals surface area contributed by atoms with E-state index < -0.39 is 0 Å². The maximum atomic E-state index is 4.43. The number of hydrogen-bond acceptors (Lipinski definition) is 6. The molecule has 0 atom stereocenters. The van der Waals surface area contributed by atoms with Gasteiger partial charge < -0.3 is 9.19 Å². The van der Waals surface area contributed by atoms with Gasteiger partial charge in [0.1, 0.15) is 22.8 Å². The second-order valence-electron chi connectivity index (χ2n) is 4.66. The molecule has 0 amide bonds. The Morgan fingerprint density at radius 3 is 1.61 bits per heavy atom. The van der Waals surface area contributed by atoms with Crippen LogP contribution in [0.4, 0.5) is 0 Å². The average Bonchev–Trinajstić information content (AvgIpc) is 3.27. The lowest BCUT2D eigenvalue weighted by Gasteiger charge is -2.17. The zero-order chi connectivity index (χ0) is 15.5. The molecule has 0 N–H and O–H groups in total. The quantitative estimate of drug-likeness (QED) is 0.521. The van der Waals surface area contributed by atoms with Crippen molar-refractivity contribution in [2.24, 2.45) is 0 Å². The van der Waals surface area contributed by atoms with Gasteiger partial charge in [0.15, 0.2) is 0 Å². The smallest absolute Gasteiger partial charge is 0.109 e. The topological polar surface area (TPSA) is 87.2 Å². The summed E-state index contributed by atoms with van der Waals surface area (Å²) in [4.78, 5) is 16.5. The van der Waals surface area contributed by atoms with E-state index in [0.717, 1.165) is 22.8 Å². The summed E-state index contributed by atoms with van der Waals surface area (Å²) in [7, 11) is 1.75. The maximum Gasteiger partial charge on any atom is 0.109 e. The SMILES string of the molecule is [B-](n1ccc(-c2cnccn2)n1)n1ccc(-c2cnccn2)n1. The van der Waals surface area contributed by atoms with Crippen molar-refractivity contribution >= 4 is 7.55 Å². The first kappa shape index (κ1) is 13.3. The van der Waals surface area contributed by atoms with Gasteiger partial charge in [0.25, 0.3) is 0 Å². The highest BCUT2D eigenvalue weighted by atomic mass is 15.3. The van der Waals surface area contributed by atoms with E-state index in [-0.39, 0.29) is 0 Å². The second-order valence-corrected chi connectivity index (χ2v) is 4.66. The van der Waals surface area contributed by atoms with Crippen molar-refractivity contribution in [1.82, 2.24) is 39.3 Å². The van der Waals surface area contributed by atoms with Crippen LogP contribution in [0.3, 0.4) is 0 Å². The van der Waals surface area contributed by atoms with Crippen molar-refractivity contribution in [2.45, 2.75) is 0 Å². The van der Waals surface area contributed by atoms with Crippen molar-refractivity contribution in [3.8, 4) is 22.8 Å². The van der Waals surface area contributed by atoms with E-state index in [9.17, 15) is 0 Å². The molecule has 0 aliphatic heterocycles. The molecule has 0 aromatic carbocycles. The van der Waals surface area contributed by atoms with E-state index >= 15 is 0 Å². The Bertz CT molecular complexity index is 827. The minimum absolute atomic E-state index is 0.723. The zero-order valence-electron chi connectivity index (χ0n) is 11.9. The highest BCUT2D eigenvalue weighted by Crippen LogP contribution is 2.13. The van der Waals surface area contributed by atoms with E-state index in [2.05, 4.69) is 30.1 Å². The Labute approximate surface area is 132 Å². The average molecular weight is 301 g/mol. The van der Waals surface area contributed by atoms with Crippen LogP contribution in [-0.2, 0) is 0 Å². The summed E-state index contributed by atoms with van der Waals surface area (Å²) in [6.07, 6.45) is 13.5. The molecule has 0 spiro atoms. The number of hydrogen-bond donors (Lipinski definition) is 0. The largest absolute Gasteiger partial charge is 0.488 e. The van der Waals surface area contributed by atoms with Gasteiger partial charge in [-0.1, -0.05) is 0 Å². The Morgan fingerprint density at radius 2 is 1.17 bits per heavy atom. The lowest BCUT2D eigenvalue weighted by molar-refractivity contribution is 0.885. The van der Waals surface area contributed by atoms with E-state index in [0.29, 0.717) is 0 Å². The van der Waals surface area contributed by atoms with E-state index in [1.54, 1.807) is 53.9 Å². The number of nitrogens with zero attached hydrogens (tertiary/aromatic N) is 8. The first-order valence-electron chi connectivity index (χ1n) is 6.86. The van der Waals surface area contributed by atoms with Crippen LogP contribution >= 0.6 is 0 Å². The second kappa shape index (κ2) is 5.80. The normalized spacial score (nSPS) is 10.8. The van der Waals surface area contributed by atoms with Gasteiger partial charge in [-0.25, -0.2) is 10.2 Å². The number of aromatic nitrogens is 8. The van der Waals surface area contributed by atoms with Gasteiger partial charge in [-0.05, 0) is 32.1 Å². The Hall–Kier alpha value is -3.36. The summed E-state index contributed by atoms with van der Waals surface area (Å²) in [6, 6.07) is 3.74. The minimum atomic E-state index is 0.723. The molecule has 0 saturated heterocycles. The van der Waals surface area contributed by atoms with Gasteiger partial charge in [0.05, 0.1) is 12.4 Å². The standard InChI is InChI=1S/C14H10BN8/c1-7-22(20-11(1)13-9-16-3-5-18-13)15-23-8-2-12(21-23)14-10-17-4-6-19-14/h1-10H/q-1. The van der Waals surface area contributed by atoms with Gasteiger partial charge in [0, 0.05) is 24.8 Å².